The molecule has 0 unspecified atom stereocenters. The van der Waals surface area contributed by atoms with Crippen LogP contribution in [0.5, 0.6) is 0 Å². The molecule has 0 N–H and O–H groups in total. The Bertz CT molecular complexity index is 353. The van der Waals surface area contributed by atoms with Crippen LogP contribution in [0.4, 0.5) is 0 Å². The first kappa shape index (κ1) is 8.58. The predicted octanol–water partition coefficient (Wildman–Crippen LogP) is 0.854. The molecule has 0 aliphatic carbocycles. The van der Waals surface area contributed by atoms with E-state index >= 15 is 0 Å². The standard InChI is InChI=1S/C5H5N5.C2H6/c1-4-8-9-5-2-6-7-3-10(4)5;1-2/h2-3H,1H3;1-2H3. The largest absolute Gasteiger partial charge is 0.267 e. The van der Waals surface area contributed by atoms with Crippen LogP contribution < -0.4 is 0 Å². The molecule has 2 heterocycles. The molecule has 0 amide bonds. The van der Waals surface area contributed by atoms with Gasteiger partial charge in [-0.05, 0) is 6.92 Å². The molecule has 5 heteroatoms. The minimum Gasteiger partial charge on any atom is -0.267 e. The highest BCUT2D eigenvalue weighted by molar-refractivity contribution is 5.32. The van der Waals surface area contributed by atoms with Crippen molar-refractivity contribution in [2.24, 2.45) is 0 Å². The van der Waals surface area contributed by atoms with Crippen molar-refractivity contribution in [2.75, 3.05) is 0 Å². The Morgan fingerprint density at radius 3 is 2.58 bits per heavy atom. The van der Waals surface area contributed by atoms with Gasteiger partial charge in [-0.2, -0.15) is 5.10 Å². The Balaban J connectivity index is 0.000000336. The van der Waals surface area contributed by atoms with Crippen LogP contribution in [0.15, 0.2) is 12.5 Å². The van der Waals surface area contributed by atoms with E-state index in [0.717, 1.165) is 11.5 Å². The van der Waals surface area contributed by atoms with E-state index in [4.69, 9.17) is 0 Å². The average Bonchev–Trinajstić information content (AvgIpc) is 2.53. The SMILES string of the molecule is CC.Cc1nnc2cnncn12. The maximum atomic E-state index is 3.83. The van der Waals surface area contributed by atoms with Crippen LogP contribution in [0.25, 0.3) is 5.65 Å². The van der Waals surface area contributed by atoms with Crippen molar-refractivity contribution in [1.29, 1.82) is 0 Å². The molecule has 0 atom stereocenters. The third-order valence-corrected chi connectivity index (χ3v) is 1.30. The second-order valence-electron chi connectivity index (χ2n) is 1.95. The van der Waals surface area contributed by atoms with Crippen LogP contribution in [-0.2, 0) is 0 Å². The van der Waals surface area contributed by atoms with Crippen molar-refractivity contribution in [1.82, 2.24) is 24.8 Å². The number of rotatable bonds is 0. The van der Waals surface area contributed by atoms with Crippen LogP contribution in [0, 0.1) is 6.92 Å². The molecular weight excluding hydrogens is 154 g/mol. The normalized spacial score (nSPS) is 9.25. The number of aromatic nitrogens is 5. The summed E-state index contributed by atoms with van der Waals surface area (Å²) in [7, 11) is 0. The molecule has 0 radical (unpaired) electrons. The third kappa shape index (κ3) is 1.39. The first-order valence-electron chi connectivity index (χ1n) is 3.86. The highest BCUT2D eigenvalue weighted by Gasteiger charge is 1.96. The van der Waals surface area contributed by atoms with E-state index in [1.54, 1.807) is 16.9 Å². The fourth-order valence-corrected chi connectivity index (χ4v) is 0.783. The quantitative estimate of drug-likeness (QED) is 0.580. The summed E-state index contributed by atoms with van der Waals surface area (Å²) in [5, 5.41) is 15.0. The molecule has 2 aromatic rings. The molecular formula is C7H11N5. The number of nitrogens with zero attached hydrogens (tertiary/aromatic N) is 5. The number of hydrogen-bond acceptors (Lipinski definition) is 4. The fraction of sp³-hybridized carbons (Fsp3) is 0.429. The highest BCUT2D eigenvalue weighted by Crippen LogP contribution is 1.95. The summed E-state index contributed by atoms with van der Waals surface area (Å²) in [5.74, 6) is 0.824. The zero-order valence-corrected chi connectivity index (χ0v) is 7.39. The van der Waals surface area contributed by atoms with Gasteiger partial charge in [-0.15, -0.1) is 15.3 Å². The molecule has 64 valence electrons. The van der Waals surface area contributed by atoms with Gasteiger partial charge < -0.3 is 0 Å². The van der Waals surface area contributed by atoms with E-state index in [0.29, 0.717) is 0 Å². The van der Waals surface area contributed by atoms with Crippen molar-refractivity contribution in [3.63, 3.8) is 0 Å². The van der Waals surface area contributed by atoms with Gasteiger partial charge in [-0.3, -0.25) is 4.40 Å². The summed E-state index contributed by atoms with van der Waals surface area (Å²) >= 11 is 0. The van der Waals surface area contributed by atoms with Gasteiger partial charge in [-0.25, -0.2) is 0 Å². The molecule has 0 spiro atoms. The lowest BCUT2D eigenvalue weighted by molar-refractivity contribution is 0.917. The van der Waals surface area contributed by atoms with E-state index in [-0.39, 0.29) is 0 Å². The monoisotopic (exact) mass is 165 g/mol. The summed E-state index contributed by atoms with van der Waals surface area (Å²) < 4.78 is 1.77. The minimum atomic E-state index is 0.729. The van der Waals surface area contributed by atoms with E-state index in [9.17, 15) is 0 Å². The highest BCUT2D eigenvalue weighted by atomic mass is 15.3. The molecule has 2 rings (SSSR count). The molecule has 0 saturated heterocycles. The van der Waals surface area contributed by atoms with Crippen LogP contribution in [0.1, 0.15) is 19.7 Å². The average molecular weight is 165 g/mol. The first-order chi connectivity index (χ1) is 5.88. The van der Waals surface area contributed by atoms with Crippen molar-refractivity contribution in [3.05, 3.63) is 18.3 Å². The Labute approximate surface area is 70.5 Å². The van der Waals surface area contributed by atoms with Crippen molar-refractivity contribution in [3.8, 4) is 0 Å². The fourth-order valence-electron chi connectivity index (χ4n) is 0.783. The Hall–Kier alpha value is -1.52. The molecule has 0 aliphatic heterocycles. The van der Waals surface area contributed by atoms with E-state index in [2.05, 4.69) is 20.4 Å². The maximum absolute atomic E-state index is 3.83. The molecule has 5 nitrogen and oxygen atoms in total. The van der Waals surface area contributed by atoms with Gasteiger partial charge in [0.15, 0.2) is 5.65 Å². The van der Waals surface area contributed by atoms with Crippen molar-refractivity contribution in [2.45, 2.75) is 20.8 Å². The van der Waals surface area contributed by atoms with E-state index in [1.165, 1.54) is 0 Å². The summed E-state index contributed by atoms with van der Waals surface area (Å²) in [6, 6.07) is 0. The lowest BCUT2D eigenvalue weighted by Gasteiger charge is -1.87. The van der Waals surface area contributed by atoms with Crippen molar-refractivity contribution < 1.29 is 0 Å². The molecule has 0 fully saturated rings. The van der Waals surface area contributed by atoms with Crippen LogP contribution >= 0.6 is 0 Å². The van der Waals surface area contributed by atoms with Gasteiger partial charge in [-0.1, -0.05) is 13.8 Å². The predicted molar refractivity (Wildman–Crippen MR) is 44.7 cm³/mol. The lowest BCUT2D eigenvalue weighted by atomic mass is 10.7. The zero-order chi connectivity index (χ0) is 8.97. The summed E-state index contributed by atoms with van der Waals surface area (Å²) in [4.78, 5) is 0. The zero-order valence-electron chi connectivity index (χ0n) is 7.39. The molecule has 12 heavy (non-hydrogen) atoms. The second-order valence-corrected chi connectivity index (χ2v) is 1.95. The number of fused-ring (bicyclic) bond motifs is 1. The summed E-state index contributed by atoms with van der Waals surface area (Å²) in [5.41, 5.74) is 0.729. The Morgan fingerprint density at radius 1 is 1.17 bits per heavy atom. The minimum absolute atomic E-state index is 0.729. The Morgan fingerprint density at radius 2 is 1.92 bits per heavy atom. The molecule has 0 bridgehead atoms. The van der Waals surface area contributed by atoms with Gasteiger partial charge in [0.1, 0.15) is 12.2 Å². The van der Waals surface area contributed by atoms with Gasteiger partial charge in [0.25, 0.3) is 0 Å². The maximum Gasteiger partial charge on any atom is 0.182 e. The van der Waals surface area contributed by atoms with Crippen LogP contribution in [-0.4, -0.2) is 24.8 Å². The number of aryl methyl sites for hydroxylation is 1. The smallest absolute Gasteiger partial charge is 0.182 e. The summed E-state index contributed by atoms with van der Waals surface area (Å²) in [6.45, 7) is 5.86. The molecule has 2 aromatic heterocycles. The molecule has 0 saturated carbocycles. The first-order valence-corrected chi connectivity index (χ1v) is 3.86. The van der Waals surface area contributed by atoms with Gasteiger partial charge in [0.2, 0.25) is 0 Å². The molecule has 0 aliphatic rings. The van der Waals surface area contributed by atoms with Gasteiger partial charge in [0, 0.05) is 0 Å². The number of hydrogen-bond donors (Lipinski definition) is 0. The third-order valence-electron chi connectivity index (χ3n) is 1.30. The Kier molecular flexibility index (Phi) is 2.68. The van der Waals surface area contributed by atoms with E-state index in [1.807, 2.05) is 20.8 Å². The second kappa shape index (κ2) is 3.75. The lowest BCUT2D eigenvalue weighted by Crippen LogP contribution is -1.90. The topological polar surface area (TPSA) is 56.0 Å². The summed E-state index contributed by atoms with van der Waals surface area (Å²) in [6.07, 6.45) is 3.16. The van der Waals surface area contributed by atoms with Crippen LogP contribution in [0.2, 0.25) is 0 Å². The van der Waals surface area contributed by atoms with Crippen LogP contribution in [0.3, 0.4) is 0 Å². The van der Waals surface area contributed by atoms with Gasteiger partial charge >= 0.3 is 0 Å². The van der Waals surface area contributed by atoms with Crippen molar-refractivity contribution >= 4 is 5.65 Å². The molecule has 0 aromatic carbocycles. The van der Waals surface area contributed by atoms with Gasteiger partial charge in [0.05, 0.1) is 6.20 Å². The van der Waals surface area contributed by atoms with E-state index < -0.39 is 0 Å².